The fraction of sp³-hybridized carbons (Fsp3) is 0.333. The summed E-state index contributed by atoms with van der Waals surface area (Å²) in [7, 11) is 0. The summed E-state index contributed by atoms with van der Waals surface area (Å²) < 4.78 is 37.9. The minimum atomic E-state index is -0.776. The van der Waals surface area contributed by atoms with Crippen LogP contribution in [0.25, 0.3) is 0 Å². The van der Waals surface area contributed by atoms with Gasteiger partial charge in [-0.3, -0.25) is 9.59 Å². The molecule has 3 N–H and O–H groups in total. The van der Waals surface area contributed by atoms with E-state index in [1.54, 1.807) is 6.07 Å². The number of ketones is 1. The Morgan fingerprint density at radius 2 is 1.74 bits per heavy atom. The molecule has 35 heavy (non-hydrogen) atoms. The fourth-order valence-corrected chi connectivity index (χ4v) is 3.73. The summed E-state index contributed by atoms with van der Waals surface area (Å²) in [5.74, 6) is -2.13. The van der Waals surface area contributed by atoms with E-state index >= 15 is 0 Å². The average molecular weight is 485 g/mol. The van der Waals surface area contributed by atoms with Crippen LogP contribution in [0.2, 0.25) is 0 Å². The lowest BCUT2D eigenvalue weighted by atomic mass is 10.0. The van der Waals surface area contributed by atoms with Crippen molar-refractivity contribution in [2.24, 2.45) is 5.73 Å². The molecule has 2 unspecified atom stereocenters. The molecule has 8 heteroatoms. The maximum Gasteiger partial charge on any atom is 0.306 e. The highest BCUT2D eigenvalue weighted by molar-refractivity contribution is 5.95. The van der Waals surface area contributed by atoms with Crippen molar-refractivity contribution in [1.82, 2.24) is 5.32 Å². The SMILES string of the molecule is CCc1cccc(CNCC(OC(=O)CCC(=O)c2ccco2)C(N)Cc2cc(F)cc(F)c2)c1. The summed E-state index contributed by atoms with van der Waals surface area (Å²) in [4.78, 5) is 24.6. The van der Waals surface area contributed by atoms with E-state index in [4.69, 9.17) is 14.9 Å². The zero-order valence-corrected chi connectivity index (χ0v) is 19.6. The van der Waals surface area contributed by atoms with E-state index in [0.29, 0.717) is 12.1 Å². The first kappa shape index (κ1) is 26.2. The minimum absolute atomic E-state index is 0.0688. The smallest absolute Gasteiger partial charge is 0.306 e. The maximum atomic E-state index is 13.6. The van der Waals surface area contributed by atoms with Crippen molar-refractivity contribution >= 4 is 11.8 Å². The highest BCUT2D eigenvalue weighted by atomic mass is 19.1. The number of nitrogens with one attached hydrogen (secondary N) is 1. The van der Waals surface area contributed by atoms with Gasteiger partial charge in [0.15, 0.2) is 11.5 Å². The van der Waals surface area contributed by atoms with Gasteiger partial charge < -0.3 is 20.2 Å². The summed E-state index contributed by atoms with van der Waals surface area (Å²) in [5, 5.41) is 3.25. The summed E-state index contributed by atoms with van der Waals surface area (Å²) in [5.41, 5.74) is 8.95. The van der Waals surface area contributed by atoms with Crippen LogP contribution in [0.3, 0.4) is 0 Å². The number of ether oxygens (including phenoxy) is 1. The molecule has 6 nitrogen and oxygen atoms in total. The molecule has 0 saturated heterocycles. The Morgan fingerprint density at radius 3 is 2.43 bits per heavy atom. The second-order valence-electron chi connectivity index (χ2n) is 8.38. The lowest BCUT2D eigenvalue weighted by Crippen LogP contribution is -2.46. The van der Waals surface area contributed by atoms with Gasteiger partial charge in [-0.15, -0.1) is 0 Å². The largest absolute Gasteiger partial charge is 0.461 e. The van der Waals surface area contributed by atoms with Crippen LogP contribution in [0.4, 0.5) is 8.78 Å². The summed E-state index contributed by atoms with van der Waals surface area (Å²) >= 11 is 0. The molecule has 186 valence electrons. The number of benzene rings is 2. The summed E-state index contributed by atoms with van der Waals surface area (Å²) in [6.07, 6.45) is 1.42. The van der Waals surface area contributed by atoms with Gasteiger partial charge in [0.05, 0.1) is 12.7 Å². The molecule has 1 heterocycles. The van der Waals surface area contributed by atoms with Crippen LogP contribution in [0.15, 0.2) is 65.3 Å². The van der Waals surface area contributed by atoms with Gasteiger partial charge in [-0.25, -0.2) is 8.78 Å². The number of esters is 1. The fourth-order valence-electron chi connectivity index (χ4n) is 3.73. The molecule has 0 amide bonds. The Kier molecular flexibility index (Phi) is 9.69. The van der Waals surface area contributed by atoms with Crippen molar-refractivity contribution in [3.8, 4) is 0 Å². The van der Waals surface area contributed by atoms with E-state index in [1.807, 2.05) is 18.2 Å². The Morgan fingerprint density at radius 1 is 1.00 bits per heavy atom. The molecule has 3 aromatic rings. The molecule has 2 aromatic carbocycles. The van der Waals surface area contributed by atoms with Crippen molar-refractivity contribution in [3.05, 3.63) is 94.9 Å². The van der Waals surface area contributed by atoms with Crippen molar-refractivity contribution in [1.29, 1.82) is 0 Å². The van der Waals surface area contributed by atoms with Crippen molar-refractivity contribution < 1.29 is 27.5 Å². The van der Waals surface area contributed by atoms with E-state index in [9.17, 15) is 18.4 Å². The van der Waals surface area contributed by atoms with Crippen LogP contribution in [-0.2, 0) is 28.9 Å². The second-order valence-corrected chi connectivity index (χ2v) is 8.38. The number of hydrogen-bond donors (Lipinski definition) is 2. The third-order valence-corrected chi connectivity index (χ3v) is 5.58. The third kappa shape index (κ3) is 8.42. The number of rotatable bonds is 13. The van der Waals surface area contributed by atoms with Gasteiger partial charge in [-0.05, 0) is 53.8 Å². The van der Waals surface area contributed by atoms with Gasteiger partial charge in [0.2, 0.25) is 0 Å². The van der Waals surface area contributed by atoms with E-state index < -0.39 is 29.7 Å². The van der Waals surface area contributed by atoms with Crippen LogP contribution >= 0.6 is 0 Å². The highest BCUT2D eigenvalue weighted by Crippen LogP contribution is 2.14. The molecule has 1 aromatic heterocycles. The molecule has 0 bridgehead atoms. The lowest BCUT2D eigenvalue weighted by molar-refractivity contribution is -0.149. The average Bonchev–Trinajstić information content (AvgIpc) is 3.36. The Hall–Kier alpha value is -3.36. The molecule has 0 aliphatic heterocycles. The predicted molar refractivity (Wildman–Crippen MR) is 128 cm³/mol. The maximum absolute atomic E-state index is 13.6. The summed E-state index contributed by atoms with van der Waals surface area (Å²) in [6.45, 7) is 2.83. The van der Waals surface area contributed by atoms with Crippen molar-refractivity contribution in [3.63, 3.8) is 0 Å². The van der Waals surface area contributed by atoms with Crippen molar-refractivity contribution in [2.75, 3.05) is 6.54 Å². The van der Waals surface area contributed by atoms with E-state index in [0.717, 1.165) is 18.1 Å². The van der Waals surface area contributed by atoms with Gasteiger partial charge in [-0.2, -0.15) is 0 Å². The Labute approximate surface area is 203 Å². The zero-order valence-electron chi connectivity index (χ0n) is 19.6. The van der Waals surface area contributed by atoms with Gasteiger partial charge in [0.25, 0.3) is 0 Å². The molecule has 0 spiro atoms. The molecular formula is C27H30F2N2O4. The van der Waals surface area contributed by atoms with Crippen LogP contribution in [-0.4, -0.2) is 30.4 Å². The first-order chi connectivity index (χ1) is 16.8. The Balaban J connectivity index is 1.62. The minimum Gasteiger partial charge on any atom is -0.461 e. The van der Waals surface area contributed by atoms with Crippen LogP contribution in [0.5, 0.6) is 0 Å². The van der Waals surface area contributed by atoms with Crippen LogP contribution in [0, 0.1) is 11.6 Å². The van der Waals surface area contributed by atoms with Crippen molar-refractivity contribution in [2.45, 2.75) is 51.3 Å². The van der Waals surface area contributed by atoms with Crippen LogP contribution < -0.4 is 11.1 Å². The molecule has 0 aliphatic carbocycles. The quantitative estimate of drug-likeness (QED) is 0.277. The number of furan rings is 1. The number of hydrogen-bond acceptors (Lipinski definition) is 6. The Bertz CT molecular complexity index is 1100. The van der Waals surface area contributed by atoms with Gasteiger partial charge >= 0.3 is 5.97 Å². The number of carbonyl (C=O) groups excluding carboxylic acids is 2. The molecule has 0 aliphatic rings. The second kappa shape index (κ2) is 12.9. The number of aryl methyl sites for hydroxylation is 1. The van der Waals surface area contributed by atoms with Gasteiger partial charge in [-0.1, -0.05) is 31.2 Å². The van der Waals surface area contributed by atoms with E-state index in [1.165, 1.54) is 30.0 Å². The normalized spacial score (nSPS) is 12.8. The predicted octanol–water partition coefficient (Wildman–Crippen LogP) is 4.35. The van der Waals surface area contributed by atoms with Crippen LogP contribution in [0.1, 0.15) is 47.0 Å². The van der Waals surface area contributed by atoms with Gasteiger partial charge in [0.1, 0.15) is 17.7 Å². The first-order valence-electron chi connectivity index (χ1n) is 11.6. The first-order valence-corrected chi connectivity index (χ1v) is 11.6. The van der Waals surface area contributed by atoms with E-state index in [-0.39, 0.29) is 37.4 Å². The molecule has 2 atom stereocenters. The molecule has 0 fully saturated rings. The molecule has 0 radical (unpaired) electrons. The van der Waals surface area contributed by atoms with E-state index in [2.05, 4.69) is 18.3 Å². The number of halogens is 2. The lowest BCUT2D eigenvalue weighted by Gasteiger charge is -2.25. The zero-order chi connectivity index (χ0) is 25.2. The third-order valence-electron chi connectivity index (χ3n) is 5.58. The highest BCUT2D eigenvalue weighted by Gasteiger charge is 2.24. The van der Waals surface area contributed by atoms with Gasteiger partial charge in [0, 0.05) is 31.6 Å². The summed E-state index contributed by atoms with van der Waals surface area (Å²) in [6, 6.07) is 13.7. The topological polar surface area (TPSA) is 94.6 Å². The molecule has 3 rings (SSSR count). The molecule has 0 saturated carbocycles. The number of Topliss-reactive ketones (excluding diaryl/α,β-unsaturated/α-hetero) is 1. The monoisotopic (exact) mass is 484 g/mol. The standard InChI is InChI=1S/C27H30F2N2O4/c1-2-18-5-3-6-19(11-18)16-31-17-26(23(30)14-20-12-21(28)15-22(29)13-20)35-27(33)9-8-24(32)25-7-4-10-34-25/h3-7,10-13,15,23,26,31H,2,8-9,14,16-17,30H2,1H3. The number of carbonyl (C=O) groups is 2. The molecular weight excluding hydrogens is 454 g/mol. The number of nitrogens with two attached hydrogens (primary N) is 1.